The van der Waals surface area contributed by atoms with Crippen LogP contribution in [0.5, 0.6) is 5.88 Å². The quantitative estimate of drug-likeness (QED) is 0.762. The van der Waals surface area contributed by atoms with Crippen molar-refractivity contribution >= 4 is 0 Å². The van der Waals surface area contributed by atoms with Crippen molar-refractivity contribution in [2.24, 2.45) is 0 Å². The highest BCUT2D eigenvalue weighted by molar-refractivity contribution is 5.27. The van der Waals surface area contributed by atoms with E-state index in [-0.39, 0.29) is 11.4 Å². The van der Waals surface area contributed by atoms with Gasteiger partial charge in [-0.1, -0.05) is 0 Å². The molecule has 0 aromatic carbocycles. The first-order valence-corrected chi connectivity index (χ1v) is 5.31. The molecule has 1 aromatic heterocycles. The molecule has 2 N–H and O–H groups in total. The molecule has 0 bridgehead atoms. The third kappa shape index (κ3) is 2.21. The van der Waals surface area contributed by atoms with E-state index in [0.717, 1.165) is 24.2 Å². The molecule has 1 aliphatic rings. The van der Waals surface area contributed by atoms with Crippen molar-refractivity contribution in [1.82, 2.24) is 9.88 Å². The van der Waals surface area contributed by atoms with Gasteiger partial charge in [-0.05, 0) is 38.9 Å². The van der Waals surface area contributed by atoms with E-state index >= 15 is 0 Å². The molecule has 1 aromatic rings. The molecule has 0 amide bonds. The van der Waals surface area contributed by atoms with Crippen LogP contribution in [0.3, 0.4) is 0 Å². The minimum Gasteiger partial charge on any atom is -0.494 e. The minimum atomic E-state index is -0.176. The first-order valence-electron chi connectivity index (χ1n) is 5.31. The smallest absolute Gasteiger partial charge is 0.255 e. The number of aryl methyl sites for hydroxylation is 1. The number of aromatic amines is 1. The summed E-state index contributed by atoms with van der Waals surface area (Å²) in [5.41, 5.74) is 1.29. The average Bonchev–Trinajstić information content (AvgIpc) is 2.67. The lowest BCUT2D eigenvalue weighted by atomic mass is 10.2. The van der Waals surface area contributed by atoms with E-state index in [1.165, 1.54) is 12.8 Å². The Morgan fingerprint density at radius 1 is 1.47 bits per heavy atom. The van der Waals surface area contributed by atoms with Crippen LogP contribution in [0.4, 0.5) is 0 Å². The number of hydrogen-bond donors (Lipinski definition) is 2. The molecule has 0 spiro atoms. The second-order valence-electron chi connectivity index (χ2n) is 4.14. The van der Waals surface area contributed by atoms with E-state index in [1.54, 1.807) is 13.0 Å². The van der Waals surface area contributed by atoms with Crippen LogP contribution in [0.15, 0.2) is 10.9 Å². The van der Waals surface area contributed by atoms with E-state index in [9.17, 15) is 9.90 Å². The Bertz CT molecular complexity index is 406. The number of hydrogen-bond acceptors (Lipinski definition) is 3. The van der Waals surface area contributed by atoms with Crippen molar-refractivity contribution in [3.05, 3.63) is 27.5 Å². The maximum absolute atomic E-state index is 11.5. The third-order valence-electron chi connectivity index (χ3n) is 2.88. The van der Waals surface area contributed by atoms with Gasteiger partial charge in [0.15, 0.2) is 5.88 Å². The number of rotatable bonds is 2. The Morgan fingerprint density at radius 2 is 2.13 bits per heavy atom. The molecule has 0 aliphatic carbocycles. The van der Waals surface area contributed by atoms with E-state index in [2.05, 4.69) is 9.88 Å². The van der Waals surface area contributed by atoms with Crippen LogP contribution in [0.1, 0.15) is 24.0 Å². The molecule has 4 heteroatoms. The number of aromatic nitrogens is 1. The molecular formula is C11H16N2O2. The average molecular weight is 208 g/mol. The van der Waals surface area contributed by atoms with Gasteiger partial charge in [0.2, 0.25) is 0 Å². The van der Waals surface area contributed by atoms with Gasteiger partial charge in [-0.25, -0.2) is 0 Å². The zero-order chi connectivity index (χ0) is 10.8. The molecule has 0 saturated carbocycles. The van der Waals surface area contributed by atoms with Crippen molar-refractivity contribution in [3.8, 4) is 5.88 Å². The zero-order valence-corrected chi connectivity index (χ0v) is 8.92. The second kappa shape index (κ2) is 4.06. The van der Waals surface area contributed by atoms with Gasteiger partial charge in [-0.2, -0.15) is 0 Å². The first kappa shape index (κ1) is 10.2. The SMILES string of the molecule is Cc1cc(CN2CCCC2)c(=O)[nH]c1O. The van der Waals surface area contributed by atoms with E-state index in [1.807, 2.05) is 0 Å². The highest BCUT2D eigenvalue weighted by Gasteiger charge is 2.14. The summed E-state index contributed by atoms with van der Waals surface area (Å²) < 4.78 is 0. The van der Waals surface area contributed by atoms with Crippen molar-refractivity contribution in [3.63, 3.8) is 0 Å². The molecule has 1 saturated heterocycles. The number of nitrogens with zero attached hydrogens (tertiary/aromatic N) is 1. The van der Waals surface area contributed by atoms with Crippen LogP contribution in [0.25, 0.3) is 0 Å². The topological polar surface area (TPSA) is 56.3 Å². The molecule has 1 fully saturated rings. The van der Waals surface area contributed by atoms with Crippen molar-refractivity contribution < 1.29 is 5.11 Å². The van der Waals surface area contributed by atoms with Gasteiger partial charge in [0.05, 0.1) is 0 Å². The maximum Gasteiger partial charge on any atom is 0.255 e. The first-order chi connectivity index (χ1) is 7.16. The number of H-pyrrole nitrogens is 1. The number of aromatic hydroxyl groups is 1. The lowest BCUT2D eigenvalue weighted by Crippen LogP contribution is -2.24. The molecule has 1 aliphatic heterocycles. The summed E-state index contributed by atoms with van der Waals surface area (Å²) >= 11 is 0. The summed E-state index contributed by atoms with van der Waals surface area (Å²) in [5.74, 6) is -0.0230. The summed E-state index contributed by atoms with van der Waals surface area (Å²) in [4.78, 5) is 16.3. The van der Waals surface area contributed by atoms with Crippen molar-refractivity contribution in [2.45, 2.75) is 26.3 Å². The van der Waals surface area contributed by atoms with E-state index in [4.69, 9.17) is 0 Å². The number of nitrogens with one attached hydrogen (secondary N) is 1. The third-order valence-corrected chi connectivity index (χ3v) is 2.88. The fourth-order valence-electron chi connectivity index (χ4n) is 1.98. The minimum absolute atomic E-state index is 0.0230. The van der Waals surface area contributed by atoms with Crippen LogP contribution in [-0.2, 0) is 6.54 Å². The van der Waals surface area contributed by atoms with Gasteiger partial charge in [0.1, 0.15) is 0 Å². The van der Waals surface area contributed by atoms with Gasteiger partial charge < -0.3 is 5.11 Å². The summed E-state index contributed by atoms with van der Waals surface area (Å²) in [6.07, 6.45) is 2.43. The Labute approximate surface area is 88.6 Å². The Kier molecular flexibility index (Phi) is 2.77. The van der Waals surface area contributed by atoms with Crippen molar-refractivity contribution in [2.75, 3.05) is 13.1 Å². The van der Waals surface area contributed by atoms with Crippen LogP contribution in [-0.4, -0.2) is 28.1 Å². The fourth-order valence-corrected chi connectivity index (χ4v) is 1.98. The van der Waals surface area contributed by atoms with Crippen LogP contribution in [0, 0.1) is 6.92 Å². The second-order valence-corrected chi connectivity index (χ2v) is 4.14. The molecular weight excluding hydrogens is 192 g/mol. The standard InChI is InChI=1S/C11H16N2O2/c1-8-6-9(11(15)12-10(8)14)7-13-4-2-3-5-13/h6H,2-5,7H2,1H3,(H2,12,14,15). The molecule has 4 nitrogen and oxygen atoms in total. The molecule has 82 valence electrons. The molecule has 0 atom stereocenters. The van der Waals surface area contributed by atoms with Crippen LogP contribution < -0.4 is 5.56 Å². The van der Waals surface area contributed by atoms with Gasteiger partial charge in [-0.3, -0.25) is 14.7 Å². The zero-order valence-electron chi connectivity index (χ0n) is 8.92. The van der Waals surface area contributed by atoms with Crippen molar-refractivity contribution in [1.29, 1.82) is 0 Å². The summed E-state index contributed by atoms with van der Waals surface area (Å²) in [5, 5.41) is 9.32. The van der Waals surface area contributed by atoms with Crippen LogP contribution in [0.2, 0.25) is 0 Å². The monoisotopic (exact) mass is 208 g/mol. The normalized spacial score (nSPS) is 17.1. The molecule has 2 heterocycles. The Morgan fingerprint density at radius 3 is 2.80 bits per heavy atom. The number of likely N-dealkylation sites (tertiary alicyclic amines) is 1. The highest BCUT2D eigenvalue weighted by atomic mass is 16.3. The highest BCUT2D eigenvalue weighted by Crippen LogP contribution is 2.14. The molecule has 2 rings (SSSR count). The van der Waals surface area contributed by atoms with Gasteiger partial charge >= 0.3 is 0 Å². The fraction of sp³-hybridized carbons (Fsp3) is 0.545. The predicted octanol–water partition coefficient (Wildman–Crippen LogP) is 0.985. The van der Waals surface area contributed by atoms with Gasteiger partial charge in [0, 0.05) is 17.7 Å². The molecule has 0 unspecified atom stereocenters. The maximum atomic E-state index is 11.5. The Hall–Kier alpha value is -1.29. The lowest BCUT2D eigenvalue weighted by Gasteiger charge is -2.14. The van der Waals surface area contributed by atoms with Gasteiger partial charge in [-0.15, -0.1) is 0 Å². The van der Waals surface area contributed by atoms with E-state index in [0.29, 0.717) is 6.54 Å². The molecule has 15 heavy (non-hydrogen) atoms. The summed E-state index contributed by atoms with van der Waals surface area (Å²) in [7, 11) is 0. The van der Waals surface area contributed by atoms with E-state index < -0.39 is 0 Å². The molecule has 0 radical (unpaired) electrons. The Balaban J connectivity index is 2.20. The van der Waals surface area contributed by atoms with Gasteiger partial charge in [0.25, 0.3) is 5.56 Å². The lowest BCUT2D eigenvalue weighted by molar-refractivity contribution is 0.329. The largest absolute Gasteiger partial charge is 0.494 e. The summed E-state index contributed by atoms with van der Waals surface area (Å²) in [6, 6.07) is 1.77. The summed E-state index contributed by atoms with van der Waals surface area (Å²) in [6.45, 7) is 4.62. The predicted molar refractivity (Wildman–Crippen MR) is 58.0 cm³/mol. The van der Waals surface area contributed by atoms with Crippen LogP contribution >= 0.6 is 0 Å². The number of pyridine rings is 1.